The monoisotopic (exact) mass is 390 g/mol. The third kappa shape index (κ3) is 7.38. The maximum atomic E-state index is 12.9. The van der Waals surface area contributed by atoms with Gasteiger partial charge in [0.2, 0.25) is 7.36 Å². The van der Waals surface area contributed by atoms with Crippen molar-refractivity contribution in [2.45, 2.75) is 51.2 Å². The van der Waals surface area contributed by atoms with Crippen molar-refractivity contribution in [3.63, 3.8) is 0 Å². The van der Waals surface area contributed by atoms with Gasteiger partial charge >= 0.3 is 23.6 Å². The van der Waals surface area contributed by atoms with E-state index >= 15 is 0 Å². The van der Waals surface area contributed by atoms with Crippen LogP contribution in [0.15, 0.2) is 0 Å². The number of nitrogens with zero attached hydrogens (tertiary/aromatic N) is 1. The van der Waals surface area contributed by atoms with Gasteiger partial charge in [-0.2, -0.15) is 13.2 Å². The standard InChI is InChI=1S/C13H23F3N3O3PS/c1-3-5-7-17-13(23-24,18-8-6-4-2)19(9-10(20)21)11(22)12(14,15)16/h17-18H,3-9H2,1-2H3,(H,20,21)/p+1. The van der Waals surface area contributed by atoms with Gasteiger partial charge in [-0.15, -0.1) is 0 Å². The van der Waals surface area contributed by atoms with Crippen LogP contribution in [-0.2, 0) is 21.4 Å². The number of aliphatic carboxylic acids is 1. The molecule has 6 nitrogen and oxygen atoms in total. The van der Waals surface area contributed by atoms with Crippen molar-refractivity contribution in [2.75, 3.05) is 19.6 Å². The SMILES string of the molecule is CCCCNC(NCCCC)([PH+]=S)N(CC(=O)O)C(=O)C(F)(F)F. The molecule has 3 N–H and O–H groups in total. The van der Waals surface area contributed by atoms with Crippen molar-refractivity contribution in [3.05, 3.63) is 0 Å². The van der Waals surface area contributed by atoms with E-state index in [0.29, 0.717) is 25.9 Å². The van der Waals surface area contributed by atoms with Gasteiger partial charge in [0.25, 0.3) is 0 Å². The fourth-order valence-electron chi connectivity index (χ4n) is 1.90. The van der Waals surface area contributed by atoms with Crippen molar-refractivity contribution >= 4 is 31.0 Å². The normalized spacial score (nSPS) is 12.4. The zero-order chi connectivity index (χ0) is 18.8. The fraction of sp³-hybridized carbons (Fsp3) is 0.846. The van der Waals surface area contributed by atoms with Gasteiger partial charge in [0.05, 0.1) is 0 Å². The maximum absolute atomic E-state index is 12.9. The smallest absolute Gasteiger partial charge is 0.471 e. The first-order valence-corrected chi connectivity index (χ1v) is 9.77. The summed E-state index contributed by atoms with van der Waals surface area (Å²) in [5, 5.41) is 14.6. The van der Waals surface area contributed by atoms with Gasteiger partial charge in [0.15, 0.2) is 11.8 Å². The van der Waals surface area contributed by atoms with Gasteiger partial charge in [0, 0.05) is 13.1 Å². The molecule has 0 heterocycles. The van der Waals surface area contributed by atoms with Gasteiger partial charge < -0.3 is 5.11 Å². The summed E-state index contributed by atoms with van der Waals surface area (Å²) < 4.78 is 38.8. The Morgan fingerprint density at radius 2 is 1.58 bits per heavy atom. The molecule has 24 heavy (non-hydrogen) atoms. The summed E-state index contributed by atoms with van der Waals surface area (Å²) in [6.07, 6.45) is -2.32. The highest BCUT2D eigenvalue weighted by Gasteiger charge is 2.54. The summed E-state index contributed by atoms with van der Waals surface area (Å²) in [4.78, 5) is 23.1. The fourth-order valence-corrected chi connectivity index (χ4v) is 3.35. The molecule has 0 aromatic rings. The molecule has 1 unspecified atom stereocenters. The van der Waals surface area contributed by atoms with E-state index in [1.807, 2.05) is 13.8 Å². The molecule has 1 amide bonds. The first-order valence-electron chi connectivity index (χ1n) is 7.64. The van der Waals surface area contributed by atoms with Crippen molar-refractivity contribution < 1.29 is 27.9 Å². The first-order chi connectivity index (χ1) is 11.1. The summed E-state index contributed by atoms with van der Waals surface area (Å²) in [5.74, 6) is -3.77. The Balaban J connectivity index is 5.68. The summed E-state index contributed by atoms with van der Waals surface area (Å²) in [6, 6.07) is 0. The van der Waals surface area contributed by atoms with E-state index in [-0.39, 0.29) is 4.90 Å². The van der Waals surface area contributed by atoms with E-state index in [9.17, 15) is 22.8 Å². The summed E-state index contributed by atoms with van der Waals surface area (Å²) in [6.45, 7) is 3.32. The highest BCUT2D eigenvalue weighted by molar-refractivity contribution is 7.97. The molecule has 0 aromatic heterocycles. The number of carbonyl (C=O) groups is 2. The lowest BCUT2D eigenvalue weighted by Gasteiger charge is -2.35. The molecule has 11 heteroatoms. The van der Waals surface area contributed by atoms with Crippen molar-refractivity contribution in [1.29, 1.82) is 0 Å². The number of amides is 1. The maximum Gasteiger partial charge on any atom is 0.471 e. The molecule has 0 aliphatic carbocycles. The summed E-state index contributed by atoms with van der Waals surface area (Å²) in [5.41, 5.74) is -1.70. The third-order valence-electron chi connectivity index (χ3n) is 3.16. The number of carboxylic acid groups (broad SMARTS) is 1. The quantitative estimate of drug-likeness (QED) is 0.269. The highest BCUT2D eigenvalue weighted by atomic mass is 32.4. The van der Waals surface area contributed by atoms with Crippen LogP contribution in [0, 0.1) is 0 Å². The zero-order valence-electron chi connectivity index (χ0n) is 13.7. The predicted octanol–water partition coefficient (Wildman–Crippen LogP) is 1.99. The topological polar surface area (TPSA) is 81.7 Å². The predicted molar refractivity (Wildman–Crippen MR) is 89.6 cm³/mol. The average molecular weight is 390 g/mol. The number of halogens is 3. The van der Waals surface area contributed by atoms with E-state index in [1.165, 1.54) is 0 Å². The molecule has 0 saturated heterocycles. The summed E-state index contributed by atoms with van der Waals surface area (Å²) in [7, 11) is -0.604. The lowest BCUT2D eigenvalue weighted by Crippen LogP contribution is -2.68. The highest BCUT2D eigenvalue weighted by Crippen LogP contribution is 2.28. The molecule has 0 aliphatic heterocycles. The minimum atomic E-state index is -5.19. The largest absolute Gasteiger partial charge is 0.480 e. The zero-order valence-corrected chi connectivity index (χ0v) is 15.5. The van der Waals surface area contributed by atoms with Crippen LogP contribution in [0.2, 0.25) is 0 Å². The van der Waals surface area contributed by atoms with Gasteiger partial charge in [-0.25, -0.2) is 10.6 Å². The van der Waals surface area contributed by atoms with Gasteiger partial charge in [-0.1, -0.05) is 26.7 Å². The van der Waals surface area contributed by atoms with E-state index < -0.39 is 37.5 Å². The molecule has 0 saturated carbocycles. The molecule has 0 aromatic carbocycles. The van der Waals surface area contributed by atoms with Crippen molar-refractivity contribution in [1.82, 2.24) is 15.5 Å². The molecule has 0 radical (unpaired) electrons. The number of unbranched alkanes of at least 4 members (excludes halogenated alkanes) is 2. The molecule has 1 atom stereocenters. The number of rotatable bonds is 12. The molecular formula is C13H24F3N3O3PS+. The Morgan fingerprint density at radius 3 is 1.88 bits per heavy atom. The Kier molecular flexibility index (Phi) is 10.5. The van der Waals surface area contributed by atoms with Crippen LogP contribution in [0.5, 0.6) is 0 Å². The molecule has 0 aliphatic rings. The minimum absolute atomic E-state index is 0.256. The Hall–Kier alpha value is -0.830. The van der Waals surface area contributed by atoms with Gasteiger partial charge in [-0.3, -0.25) is 14.5 Å². The number of hydrogen-bond donors (Lipinski definition) is 3. The Bertz CT molecular complexity index is 428. The van der Waals surface area contributed by atoms with Crippen LogP contribution in [-0.4, -0.2) is 53.2 Å². The molecule has 0 fully saturated rings. The second-order valence-corrected chi connectivity index (χ2v) is 6.70. The Morgan fingerprint density at radius 1 is 1.12 bits per heavy atom. The number of carboxylic acids is 1. The molecular weight excluding hydrogens is 366 g/mol. The molecule has 140 valence electrons. The second kappa shape index (κ2) is 10.9. The van der Waals surface area contributed by atoms with E-state index in [0.717, 1.165) is 12.8 Å². The lowest BCUT2D eigenvalue weighted by molar-refractivity contribution is -0.192. The van der Waals surface area contributed by atoms with Crippen molar-refractivity contribution in [3.8, 4) is 0 Å². The Labute approximate surface area is 146 Å². The second-order valence-electron chi connectivity index (χ2n) is 5.16. The van der Waals surface area contributed by atoms with Crippen LogP contribution in [0.1, 0.15) is 39.5 Å². The number of alkyl halides is 3. The van der Waals surface area contributed by atoms with E-state index in [1.54, 1.807) is 0 Å². The van der Waals surface area contributed by atoms with E-state index in [4.69, 9.17) is 16.9 Å². The van der Waals surface area contributed by atoms with Crippen LogP contribution in [0.4, 0.5) is 13.2 Å². The summed E-state index contributed by atoms with van der Waals surface area (Å²) >= 11 is 5.00. The lowest BCUT2D eigenvalue weighted by atomic mass is 10.3. The van der Waals surface area contributed by atoms with Crippen LogP contribution >= 0.6 is 7.36 Å². The first kappa shape index (κ1) is 23.2. The number of carbonyl (C=O) groups excluding carboxylic acids is 1. The van der Waals surface area contributed by atoms with Crippen LogP contribution in [0.3, 0.4) is 0 Å². The molecule has 0 bridgehead atoms. The van der Waals surface area contributed by atoms with Gasteiger partial charge in [-0.05, 0) is 12.8 Å². The van der Waals surface area contributed by atoms with Crippen LogP contribution in [0.25, 0.3) is 0 Å². The van der Waals surface area contributed by atoms with Crippen LogP contribution < -0.4 is 10.6 Å². The third-order valence-corrected chi connectivity index (χ3v) is 4.96. The minimum Gasteiger partial charge on any atom is -0.480 e. The van der Waals surface area contributed by atoms with E-state index in [2.05, 4.69) is 10.6 Å². The van der Waals surface area contributed by atoms with Gasteiger partial charge in [0.1, 0.15) is 6.54 Å². The molecule has 0 spiro atoms. The molecule has 0 rings (SSSR count). The number of hydrogen-bond acceptors (Lipinski definition) is 5. The number of nitrogens with one attached hydrogen (secondary N) is 2. The average Bonchev–Trinajstić information content (AvgIpc) is 2.50. The van der Waals surface area contributed by atoms with Crippen molar-refractivity contribution in [2.24, 2.45) is 0 Å².